The van der Waals surface area contributed by atoms with Crippen LogP contribution >= 0.6 is 0 Å². The van der Waals surface area contributed by atoms with Gasteiger partial charge in [-0.1, -0.05) is 30.9 Å². The molecule has 6 heteroatoms. The molecule has 0 radical (unpaired) electrons. The minimum Gasteiger partial charge on any atom is -0.507 e. The number of alkyl halides is 3. The van der Waals surface area contributed by atoms with E-state index in [-0.39, 0.29) is 22.3 Å². The number of halogens is 4. The molecule has 3 rings (SSSR count). The molecule has 0 saturated heterocycles. The van der Waals surface area contributed by atoms with Crippen LogP contribution in [0.1, 0.15) is 16.7 Å². The summed E-state index contributed by atoms with van der Waals surface area (Å²) in [5.41, 5.74) is 0.429. The number of aromatic hydroxyl groups is 1. The summed E-state index contributed by atoms with van der Waals surface area (Å²) in [6.07, 6.45) is -3.34. The van der Waals surface area contributed by atoms with Gasteiger partial charge in [0.15, 0.2) is 0 Å². The van der Waals surface area contributed by atoms with E-state index in [1.807, 2.05) is 6.07 Å². The number of hydrogen-bond donors (Lipinski definition) is 1. The summed E-state index contributed by atoms with van der Waals surface area (Å²) in [6, 6.07) is 13.6. The topological polar surface area (TPSA) is 44.0 Å². The number of phenols is 1. The summed E-state index contributed by atoms with van der Waals surface area (Å²) in [4.78, 5) is 0. The maximum Gasteiger partial charge on any atom is 0.419 e. The Labute approximate surface area is 158 Å². The first kappa shape index (κ1) is 19.2. The van der Waals surface area contributed by atoms with Gasteiger partial charge in [0.05, 0.1) is 17.2 Å². The molecule has 0 heterocycles. The molecular formula is C22H13F4NO. The Morgan fingerprint density at radius 3 is 2.36 bits per heavy atom. The molecular weight excluding hydrogens is 370 g/mol. The van der Waals surface area contributed by atoms with E-state index in [2.05, 4.69) is 6.58 Å². The van der Waals surface area contributed by atoms with E-state index in [0.717, 1.165) is 18.2 Å². The molecule has 28 heavy (non-hydrogen) atoms. The lowest BCUT2D eigenvalue weighted by Gasteiger charge is -2.17. The maximum absolute atomic E-state index is 13.9. The third-order valence-corrected chi connectivity index (χ3v) is 4.27. The highest BCUT2D eigenvalue weighted by atomic mass is 19.4. The van der Waals surface area contributed by atoms with Gasteiger partial charge in [0.25, 0.3) is 0 Å². The van der Waals surface area contributed by atoms with E-state index in [1.54, 1.807) is 6.07 Å². The highest BCUT2D eigenvalue weighted by molar-refractivity contribution is 5.89. The van der Waals surface area contributed by atoms with Crippen LogP contribution in [0, 0.1) is 17.1 Å². The van der Waals surface area contributed by atoms with Crippen molar-refractivity contribution in [1.29, 1.82) is 5.26 Å². The normalized spacial score (nSPS) is 11.1. The summed E-state index contributed by atoms with van der Waals surface area (Å²) in [5, 5.41) is 19.1. The van der Waals surface area contributed by atoms with Gasteiger partial charge in [-0.3, -0.25) is 0 Å². The fraction of sp³-hybridized carbons (Fsp3) is 0.0455. The summed E-state index contributed by atoms with van der Waals surface area (Å²) in [6.45, 7) is 3.65. The number of nitrogens with zero attached hydrogens (tertiary/aromatic N) is 1. The van der Waals surface area contributed by atoms with Gasteiger partial charge < -0.3 is 5.11 Å². The lowest BCUT2D eigenvalue weighted by molar-refractivity contribution is -0.138. The van der Waals surface area contributed by atoms with Crippen LogP contribution in [0.5, 0.6) is 5.75 Å². The number of hydrogen-bond acceptors (Lipinski definition) is 2. The fourth-order valence-electron chi connectivity index (χ4n) is 2.97. The molecule has 0 spiro atoms. The Morgan fingerprint density at radius 1 is 0.964 bits per heavy atom. The fourth-order valence-corrected chi connectivity index (χ4v) is 2.97. The van der Waals surface area contributed by atoms with Crippen molar-refractivity contribution < 1.29 is 22.7 Å². The molecule has 2 nitrogen and oxygen atoms in total. The van der Waals surface area contributed by atoms with Crippen molar-refractivity contribution in [3.05, 3.63) is 83.7 Å². The molecule has 0 unspecified atom stereocenters. The second-order valence-corrected chi connectivity index (χ2v) is 6.04. The van der Waals surface area contributed by atoms with E-state index in [0.29, 0.717) is 11.1 Å². The van der Waals surface area contributed by atoms with Gasteiger partial charge >= 0.3 is 6.18 Å². The van der Waals surface area contributed by atoms with Crippen LogP contribution in [0.25, 0.3) is 28.3 Å². The molecule has 3 aromatic carbocycles. The molecule has 3 aromatic rings. The van der Waals surface area contributed by atoms with Crippen molar-refractivity contribution in [2.24, 2.45) is 0 Å². The van der Waals surface area contributed by atoms with Gasteiger partial charge in [-0.25, -0.2) is 4.39 Å². The maximum atomic E-state index is 13.9. The monoisotopic (exact) mass is 383 g/mol. The molecule has 0 aliphatic heterocycles. The van der Waals surface area contributed by atoms with Crippen LogP contribution in [0.2, 0.25) is 0 Å². The quantitative estimate of drug-likeness (QED) is 0.532. The zero-order valence-electron chi connectivity index (χ0n) is 14.4. The average Bonchev–Trinajstić information content (AvgIpc) is 2.66. The van der Waals surface area contributed by atoms with Crippen molar-refractivity contribution in [3.63, 3.8) is 0 Å². The summed E-state index contributed by atoms with van der Waals surface area (Å²) in [7, 11) is 0. The van der Waals surface area contributed by atoms with Crippen LogP contribution < -0.4 is 0 Å². The number of phenolic OH excluding ortho intramolecular Hbond substituents is 1. The Balaban J connectivity index is 2.40. The van der Waals surface area contributed by atoms with Gasteiger partial charge in [-0.2, -0.15) is 18.4 Å². The SMILES string of the molecule is C=Cc1ccc(F)cc1-c1cc(O)c(C(F)(F)F)cc1-c1cccc(C#N)c1. The molecule has 140 valence electrons. The van der Waals surface area contributed by atoms with E-state index >= 15 is 0 Å². The molecule has 0 fully saturated rings. The highest BCUT2D eigenvalue weighted by Gasteiger charge is 2.35. The first-order valence-electron chi connectivity index (χ1n) is 8.11. The second kappa shape index (κ2) is 7.20. The van der Waals surface area contributed by atoms with Gasteiger partial charge in [0, 0.05) is 0 Å². The van der Waals surface area contributed by atoms with Gasteiger partial charge in [-0.05, 0) is 64.2 Å². The Hall–Kier alpha value is -3.59. The standard InChI is InChI=1S/C22H13F4NO/c1-2-14-6-7-16(23)9-17(14)19-11-21(28)20(22(24,25)26)10-18(19)15-5-3-4-13(8-15)12-27/h2-11,28H,1H2. The third-order valence-electron chi connectivity index (χ3n) is 4.27. The minimum absolute atomic E-state index is 0.107. The first-order chi connectivity index (χ1) is 13.2. The predicted octanol–water partition coefficient (Wildman–Crippen LogP) is 6.40. The van der Waals surface area contributed by atoms with Crippen molar-refractivity contribution in [2.45, 2.75) is 6.18 Å². The molecule has 0 aliphatic carbocycles. The Kier molecular flexibility index (Phi) is 4.93. The van der Waals surface area contributed by atoms with Crippen LogP contribution in [-0.2, 0) is 6.18 Å². The Bertz CT molecular complexity index is 1110. The number of nitriles is 1. The van der Waals surface area contributed by atoms with Crippen LogP contribution in [0.4, 0.5) is 17.6 Å². The first-order valence-corrected chi connectivity index (χ1v) is 8.11. The van der Waals surface area contributed by atoms with Crippen molar-refractivity contribution in [3.8, 4) is 34.1 Å². The molecule has 0 bridgehead atoms. The highest BCUT2D eigenvalue weighted by Crippen LogP contribution is 2.44. The summed E-state index contributed by atoms with van der Waals surface area (Å²) >= 11 is 0. The number of benzene rings is 3. The Morgan fingerprint density at radius 2 is 1.71 bits per heavy atom. The summed E-state index contributed by atoms with van der Waals surface area (Å²) < 4.78 is 53.9. The second-order valence-electron chi connectivity index (χ2n) is 6.04. The van der Waals surface area contributed by atoms with Crippen molar-refractivity contribution in [2.75, 3.05) is 0 Å². The van der Waals surface area contributed by atoms with Crippen LogP contribution in [0.3, 0.4) is 0 Å². The zero-order valence-corrected chi connectivity index (χ0v) is 14.4. The minimum atomic E-state index is -4.78. The lowest BCUT2D eigenvalue weighted by Crippen LogP contribution is -2.06. The summed E-state index contributed by atoms with van der Waals surface area (Å²) in [5.74, 6) is -1.56. The van der Waals surface area contributed by atoms with Crippen molar-refractivity contribution >= 4 is 6.08 Å². The lowest BCUT2D eigenvalue weighted by atomic mass is 9.89. The molecule has 0 aliphatic rings. The third kappa shape index (κ3) is 3.60. The molecule has 0 aromatic heterocycles. The molecule has 0 amide bonds. The van der Waals surface area contributed by atoms with Crippen LogP contribution in [0.15, 0.2) is 61.2 Å². The zero-order chi connectivity index (χ0) is 20.5. The van der Waals surface area contributed by atoms with E-state index in [4.69, 9.17) is 5.26 Å². The van der Waals surface area contributed by atoms with E-state index < -0.39 is 23.3 Å². The van der Waals surface area contributed by atoms with Crippen LogP contribution in [-0.4, -0.2) is 5.11 Å². The largest absolute Gasteiger partial charge is 0.507 e. The van der Waals surface area contributed by atoms with Gasteiger partial charge in [-0.15, -0.1) is 0 Å². The molecule has 0 saturated carbocycles. The van der Waals surface area contributed by atoms with Gasteiger partial charge in [0.1, 0.15) is 11.6 Å². The smallest absolute Gasteiger partial charge is 0.419 e. The predicted molar refractivity (Wildman–Crippen MR) is 98.7 cm³/mol. The van der Waals surface area contributed by atoms with Crippen molar-refractivity contribution in [1.82, 2.24) is 0 Å². The van der Waals surface area contributed by atoms with Gasteiger partial charge in [0.2, 0.25) is 0 Å². The molecule has 0 atom stereocenters. The van der Waals surface area contributed by atoms with E-state index in [1.165, 1.54) is 36.4 Å². The van der Waals surface area contributed by atoms with E-state index in [9.17, 15) is 22.7 Å². The number of rotatable bonds is 3. The molecule has 1 N–H and O–H groups in total. The average molecular weight is 383 g/mol.